The van der Waals surface area contributed by atoms with Crippen LogP contribution >= 0.6 is 22.7 Å². The van der Waals surface area contributed by atoms with Crippen molar-refractivity contribution in [1.82, 2.24) is 20.4 Å². The van der Waals surface area contributed by atoms with Crippen molar-refractivity contribution in [2.75, 3.05) is 5.32 Å². The van der Waals surface area contributed by atoms with E-state index in [1.54, 1.807) is 11.3 Å². The molecule has 0 saturated heterocycles. The number of hydrogen-bond acceptors (Lipinski definition) is 8. The van der Waals surface area contributed by atoms with Gasteiger partial charge in [-0.15, -0.1) is 31.7 Å². The predicted octanol–water partition coefficient (Wildman–Crippen LogP) is 2.83. The van der Waals surface area contributed by atoms with E-state index < -0.39 is 0 Å². The van der Waals surface area contributed by atoms with Crippen LogP contribution in [0.1, 0.15) is 53.5 Å². The van der Waals surface area contributed by atoms with E-state index in [1.165, 1.54) is 11.3 Å². The van der Waals surface area contributed by atoms with Crippen molar-refractivity contribution in [3.05, 3.63) is 15.0 Å². The zero-order valence-electron chi connectivity index (χ0n) is 14.4. The molecule has 0 bridgehead atoms. The second kappa shape index (κ2) is 7.87. The van der Waals surface area contributed by atoms with E-state index in [0.29, 0.717) is 17.3 Å². The molecule has 4 rings (SSSR count). The third-order valence-corrected chi connectivity index (χ3v) is 6.42. The van der Waals surface area contributed by atoms with Gasteiger partial charge in [0.2, 0.25) is 11.0 Å². The standard InChI is InChI=1S/C17H21N5O2S2/c23-12(10-5-6-10)9-15-21-19-13(25-15)3-1-2-4-14-20-22-17(26-14)18-16(24)11-7-8-11/h10-11H,1-9H2,(H,18,22,24). The van der Waals surface area contributed by atoms with Gasteiger partial charge in [-0.3, -0.25) is 9.59 Å². The highest BCUT2D eigenvalue weighted by molar-refractivity contribution is 7.15. The van der Waals surface area contributed by atoms with Crippen LogP contribution < -0.4 is 5.32 Å². The lowest BCUT2D eigenvalue weighted by Crippen LogP contribution is -2.12. The van der Waals surface area contributed by atoms with Crippen LogP contribution in [0, 0.1) is 11.8 Å². The smallest absolute Gasteiger partial charge is 0.229 e. The predicted molar refractivity (Wildman–Crippen MR) is 99.2 cm³/mol. The molecule has 2 aliphatic carbocycles. The highest BCUT2D eigenvalue weighted by atomic mass is 32.1. The summed E-state index contributed by atoms with van der Waals surface area (Å²) in [5.41, 5.74) is 0. The molecule has 2 fully saturated rings. The molecule has 0 aromatic carbocycles. The van der Waals surface area contributed by atoms with Gasteiger partial charge in [0.15, 0.2) is 0 Å². The Morgan fingerprint density at radius 2 is 1.46 bits per heavy atom. The Kier molecular flexibility index (Phi) is 5.35. The molecule has 2 aromatic heterocycles. The number of aromatic nitrogens is 4. The number of rotatable bonds is 10. The molecule has 0 radical (unpaired) electrons. The van der Waals surface area contributed by atoms with E-state index in [0.717, 1.165) is 66.4 Å². The van der Waals surface area contributed by atoms with Crippen molar-refractivity contribution < 1.29 is 9.59 Å². The fraction of sp³-hybridized carbons (Fsp3) is 0.647. The first-order chi connectivity index (χ1) is 12.7. The molecular weight excluding hydrogens is 370 g/mol. The van der Waals surface area contributed by atoms with Gasteiger partial charge in [-0.05, 0) is 38.5 Å². The molecular formula is C17H21N5O2S2. The lowest BCUT2D eigenvalue weighted by atomic mass is 10.2. The van der Waals surface area contributed by atoms with Crippen molar-refractivity contribution in [3.8, 4) is 0 Å². The molecule has 2 heterocycles. The zero-order valence-corrected chi connectivity index (χ0v) is 16.1. The number of hydrogen-bond donors (Lipinski definition) is 1. The second-order valence-electron chi connectivity index (χ2n) is 6.98. The Morgan fingerprint density at radius 1 is 0.846 bits per heavy atom. The summed E-state index contributed by atoms with van der Waals surface area (Å²) in [4.78, 5) is 23.5. The van der Waals surface area contributed by atoms with Crippen LogP contribution in [0.5, 0.6) is 0 Å². The van der Waals surface area contributed by atoms with Crippen LogP contribution in [-0.2, 0) is 28.9 Å². The number of amides is 1. The summed E-state index contributed by atoms with van der Waals surface area (Å²) in [6.45, 7) is 0. The summed E-state index contributed by atoms with van der Waals surface area (Å²) >= 11 is 3.01. The number of aryl methyl sites for hydroxylation is 2. The van der Waals surface area contributed by atoms with Crippen LogP contribution in [-0.4, -0.2) is 32.1 Å². The minimum atomic E-state index is 0.0694. The Labute approximate surface area is 159 Å². The van der Waals surface area contributed by atoms with E-state index in [9.17, 15) is 9.59 Å². The first-order valence-electron chi connectivity index (χ1n) is 9.14. The first kappa shape index (κ1) is 17.7. The van der Waals surface area contributed by atoms with E-state index in [1.807, 2.05) is 0 Å². The normalized spacial score (nSPS) is 16.6. The van der Waals surface area contributed by atoms with Crippen molar-refractivity contribution in [2.24, 2.45) is 11.8 Å². The van der Waals surface area contributed by atoms with E-state index in [-0.39, 0.29) is 17.7 Å². The maximum atomic E-state index is 11.8. The molecule has 9 heteroatoms. The number of ketones is 1. The summed E-state index contributed by atoms with van der Waals surface area (Å²) in [6.07, 6.45) is 8.21. The first-order valence-corrected chi connectivity index (χ1v) is 10.8. The fourth-order valence-corrected chi connectivity index (χ4v) is 4.35. The maximum Gasteiger partial charge on any atom is 0.229 e. The van der Waals surface area contributed by atoms with Crippen LogP contribution in [0.25, 0.3) is 0 Å². The number of carbonyl (C=O) groups excluding carboxylic acids is 2. The average Bonchev–Trinajstić information content (AvgIpc) is 3.54. The highest BCUT2D eigenvalue weighted by Crippen LogP contribution is 2.32. The number of carbonyl (C=O) groups is 2. The molecule has 1 N–H and O–H groups in total. The van der Waals surface area contributed by atoms with Gasteiger partial charge in [-0.1, -0.05) is 11.3 Å². The quantitative estimate of drug-likeness (QED) is 0.626. The molecule has 0 atom stereocenters. The van der Waals surface area contributed by atoms with Crippen molar-refractivity contribution >= 4 is 39.5 Å². The van der Waals surface area contributed by atoms with E-state index in [4.69, 9.17) is 0 Å². The Balaban J connectivity index is 1.16. The van der Waals surface area contributed by atoms with E-state index in [2.05, 4.69) is 25.7 Å². The van der Waals surface area contributed by atoms with Gasteiger partial charge in [0.25, 0.3) is 0 Å². The summed E-state index contributed by atoms with van der Waals surface area (Å²) in [5, 5.41) is 22.7. The van der Waals surface area contributed by atoms with Crippen LogP contribution in [0.2, 0.25) is 0 Å². The Morgan fingerprint density at radius 3 is 2.15 bits per heavy atom. The third kappa shape index (κ3) is 4.91. The third-order valence-electron chi connectivity index (χ3n) is 4.54. The average molecular weight is 392 g/mol. The van der Waals surface area contributed by atoms with Crippen molar-refractivity contribution in [1.29, 1.82) is 0 Å². The molecule has 138 valence electrons. The van der Waals surface area contributed by atoms with Crippen LogP contribution in [0.4, 0.5) is 5.13 Å². The lowest BCUT2D eigenvalue weighted by Gasteiger charge is -1.97. The Hall–Kier alpha value is -1.74. The molecule has 2 aliphatic rings. The van der Waals surface area contributed by atoms with Gasteiger partial charge in [-0.2, -0.15) is 0 Å². The number of Topliss-reactive ketones (excluding diaryl/α,β-unsaturated/α-hetero) is 1. The van der Waals surface area contributed by atoms with Crippen LogP contribution in [0.3, 0.4) is 0 Å². The SMILES string of the molecule is O=C(Cc1nnc(CCCCc2nnc(NC(=O)C3CC3)s2)s1)C1CC1. The van der Waals surface area contributed by atoms with Gasteiger partial charge in [-0.25, -0.2) is 0 Å². The number of nitrogens with one attached hydrogen (secondary N) is 1. The van der Waals surface area contributed by atoms with Crippen molar-refractivity contribution in [2.45, 2.75) is 57.8 Å². The number of nitrogens with zero attached hydrogens (tertiary/aromatic N) is 4. The maximum absolute atomic E-state index is 11.8. The minimum Gasteiger partial charge on any atom is -0.300 e. The Bertz CT molecular complexity index is 728. The summed E-state index contributed by atoms with van der Waals surface area (Å²) in [7, 11) is 0. The molecule has 0 aliphatic heterocycles. The van der Waals surface area contributed by atoms with Gasteiger partial charge < -0.3 is 5.32 Å². The summed E-state index contributed by atoms with van der Waals surface area (Å²) < 4.78 is 0. The van der Waals surface area contributed by atoms with Gasteiger partial charge in [0.1, 0.15) is 20.8 Å². The molecule has 1 amide bonds. The fourth-order valence-electron chi connectivity index (χ4n) is 2.67. The largest absolute Gasteiger partial charge is 0.300 e. The summed E-state index contributed by atoms with van der Waals surface area (Å²) in [5.74, 6) is 0.848. The van der Waals surface area contributed by atoms with Gasteiger partial charge in [0.05, 0.1) is 6.42 Å². The lowest BCUT2D eigenvalue weighted by molar-refractivity contribution is -0.119. The monoisotopic (exact) mass is 391 g/mol. The summed E-state index contributed by atoms with van der Waals surface area (Å²) in [6, 6.07) is 0. The molecule has 0 unspecified atom stereocenters. The number of anilines is 1. The molecule has 26 heavy (non-hydrogen) atoms. The van der Waals surface area contributed by atoms with Crippen LogP contribution in [0.15, 0.2) is 0 Å². The van der Waals surface area contributed by atoms with Gasteiger partial charge in [0, 0.05) is 24.7 Å². The zero-order chi connectivity index (χ0) is 17.9. The minimum absolute atomic E-state index is 0.0694. The highest BCUT2D eigenvalue weighted by Gasteiger charge is 2.30. The molecule has 2 saturated carbocycles. The molecule has 2 aromatic rings. The van der Waals surface area contributed by atoms with Crippen molar-refractivity contribution in [3.63, 3.8) is 0 Å². The van der Waals surface area contributed by atoms with Gasteiger partial charge >= 0.3 is 0 Å². The topological polar surface area (TPSA) is 97.7 Å². The van der Waals surface area contributed by atoms with E-state index >= 15 is 0 Å². The second-order valence-corrected chi connectivity index (χ2v) is 9.19. The molecule has 0 spiro atoms. The molecule has 7 nitrogen and oxygen atoms in total. The number of unbranched alkanes of at least 4 members (excludes halogenated alkanes) is 1.